The summed E-state index contributed by atoms with van der Waals surface area (Å²) in [6, 6.07) is 5.61. The van der Waals surface area contributed by atoms with Crippen LogP contribution in [0.15, 0.2) is 24.3 Å². The number of piperidine rings is 1. The largest absolute Gasteiger partial charge is 0.491 e. The van der Waals surface area contributed by atoms with Gasteiger partial charge in [-0.05, 0) is 50.4 Å². The van der Waals surface area contributed by atoms with Gasteiger partial charge in [-0.1, -0.05) is 13.0 Å². The predicted octanol–water partition coefficient (Wildman–Crippen LogP) is 2.28. The van der Waals surface area contributed by atoms with Gasteiger partial charge in [0, 0.05) is 12.6 Å². The summed E-state index contributed by atoms with van der Waals surface area (Å²) in [6.45, 7) is 7.00. The van der Waals surface area contributed by atoms with E-state index in [0.29, 0.717) is 12.3 Å². The second-order valence-electron chi connectivity index (χ2n) is 6.56. The summed E-state index contributed by atoms with van der Waals surface area (Å²) in [6.07, 6.45) is 2.12. The monoisotopic (exact) mass is 323 g/mol. The molecule has 1 aromatic rings. The highest BCUT2D eigenvalue weighted by molar-refractivity contribution is 5.74. The number of hydrogen-bond donors (Lipinski definition) is 3. The van der Waals surface area contributed by atoms with Crippen LogP contribution in [0.4, 0.5) is 9.18 Å². The number of rotatable bonds is 6. The van der Waals surface area contributed by atoms with Crippen molar-refractivity contribution >= 4 is 6.03 Å². The standard InChI is InChI=1S/C17H26FN3O2/c1-13(11-23-15-5-3-4-14(18)10-15)21-16(22)20-12-17(2)6-8-19-9-7-17/h3-5,10,13,19H,6-9,11-12H2,1-2H3,(H2,20,21,22). The number of urea groups is 1. The third-order valence-electron chi connectivity index (χ3n) is 4.16. The van der Waals surface area contributed by atoms with Crippen LogP contribution in [0.25, 0.3) is 0 Å². The molecule has 5 nitrogen and oxygen atoms in total. The predicted molar refractivity (Wildman–Crippen MR) is 88.1 cm³/mol. The van der Waals surface area contributed by atoms with Gasteiger partial charge in [0.2, 0.25) is 0 Å². The Hall–Kier alpha value is -1.82. The fourth-order valence-electron chi connectivity index (χ4n) is 2.60. The Morgan fingerprint density at radius 1 is 1.43 bits per heavy atom. The lowest BCUT2D eigenvalue weighted by Crippen LogP contribution is -2.48. The van der Waals surface area contributed by atoms with Gasteiger partial charge in [0.1, 0.15) is 18.2 Å². The van der Waals surface area contributed by atoms with Crippen LogP contribution < -0.4 is 20.7 Å². The van der Waals surface area contributed by atoms with E-state index < -0.39 is 0 Å². The average Bonchev–Trinajstić information content (AvgIpc) is 2.52. The van der Waals surface area contributed by atoms with Gasteiger partial charge in [-0.25, -0.2) is 9.18 Å². The van der Waals surface area contributed by atoms with Gasteiger partial charge in [-0.15, -0.1) is 0 Å². The quantitative estimate of drug-likeness (QED) is 0.753. The summed E-state index contributed by atoms with van der Waals surface area (Å²) in [7, 11) is 0. The molecule has 3 N–H and O–H groups in total. The maximum absolute atomic E-state index is 13.1. The molecule has 0 radical (unpaired) electrons. The van der Waals surface area contributed by atoms with Crippen molar-refractivity contribution in [2.75, 3.05) is 26.2 Å². The third kappa shape index (κ3) is 6.06. The SMILES string of the molecule is CC(COc1cccc(F)c1)NC(=O)NCC1(C)CCNCC1. The van der Waals surface area contributed by atoms with Crippen LogP contribution in [0.5, 0.6) is 5.75 Å². The Bertz CT molecular complexity index is 518. The second-order valence-corrected chi connectivity index (χ2v) is 6.56. The smallest absolute Gasteiger partial charge is 0.315 e. The molecule has 1 aliphatic heterocycles. The Morgan fingerprint density at radius 2 is 2.17 bits per heavy atom. The lowest BCUT2D eigenvalue weighted by atomic mass is 9.81. The molecule has 1 aromatic carbocycles. The summed E-state index contributed by atoms with van der Waals surface area (Å²) in [5.41, 5.74) is 0.157. The molecule has 0 aromatic heterocycles. The van der Waals surface area contributed by atoms with E-state index in [1.807, 2.05) is 6.92 Å². The first-order valence-corrected chi connectivity index (χ1v) is 8.10. The lowest BCUT2D eigenvalue weighted by Gasteiger charge is -2.34. The number of amides is 2. The highest BCUT2D eigenvalue weighted by Gasteiger charge is 2.27. The van der Waals surface area contributed by atoms with Crippen LogP contribution in [-0.4, -0.2) is 38.3 Å². The summed E-state index contributed by atoms with van der Waals surface area (Å²) < 4.78 is 18.5. The molecule has 1 fully saturated rings. The normalized spacial score (nSPS) is 18.0. The zero-order valence-corrected chi connectivity index (χ0v) is 13.8. The van der Waals surface area contributed by atoms with Gasteiger partial charge in [0.05, 0.1) is 6.04 Å². The Labute approximate surface area is 137 Å². The Balaban J connectivity index is 1.68. The van der Waals surface area contributed by atoms with Crippen molar-refractivity contribution in [3.05, 3.63) is 30.1 Å². The van der Waals surface area contributed by atoms with E-state index in [2.05, 4.69) is 22.9 Å². The summed E-state index contributed by atoms with van der Waals surface area (Å²) in [5, 5.41) is 9.10. The molecule has 0 saturated carbocycles. The molecule has 0 bridgehead atoms. The average molecular weight is 323 g/mol. The van der Waals surface area contributed by atoms with Crippen LogP contribution >= 0.6 is 0 Å². The maximum atomic E-state index is 13.1. The van der Waals surface area contributed by atoms with Crippen LogP contribution in [-0.2, 0) is 0 Å². The molecule has 1 saturated heterocycles. The van der Waals surface area contributed by atoms with E-state index in [0.717, 1.165) is 25.9 Å². The molecule has 1 aliphatic rings. The van der Waals surface area contributed by atoms with Gasteiger partial charge in [0.15, 0.2) is 0 Å². The van der Waals surface area contributed by atoms with Crippen LogP contribution in [0.1, 0.15) is 26.7 Å². The Morgan fingerprint density at radius 3 is 2.87 bits per heavy atom. The zero-order chi connectivity index (χ0) is 16.7. The second kappa shape index (κ2) is 8.15. The molecule has 0 spiro atoms. The van der Waals surface area contributed by atoms with Crippen molar-refractivity contribution in [2.45, 2.75) is 32.7 Å². The number of nitrogens with one attached hydrogen (secondary N) is 3. The molecule has 2 amide bonds. The van der Waals surface area contributed by atoms with Crippen molar-refractivity contribution < 1.29 is 13.9 Å². The molecule has 23 heavy (non-hydrogen) atoms. The first-order valence-electron chi connectivity index (χ1n) is 8.10. The number of halogens is 1. The van der Waals surface area contributed by atoms with E-state index >= 15 is 0 Å². The summed E-state index contributed by atoms with van der Waals surface area (Å²) in [5.74, 6) is 0.123. The molecule has 128 valence electrons. The van der Waals surface area contributed by atoms with Gasteiger partial charge < -0.3 is 20.7 Å². The van der Waals surface area contributed by atoms with Gasteiger partial charge in [-0.3, -0.25) is 0 Å². The van der Waals surface area contributed by atoms with Gasteiger partial charge in [-0.2, -0.15) is 0 Å². The fraction of sp³-hybridized carbons (Fsp3) is 0.588. The topological polar surface area (TPSA) is 62.4 Å². The molecule has 0 aliphatic carbocycles. The summed E-state index contributed by atoms with van der Waals surface area (Å²) in [4.78, 5) is 12.0. The fourth-order valence-corrected chi connectivity index (χ4v) is 2.60. The number of carbonyl (C=O) groups is 1. The maximum Gasteiger partial charge on any atom is 0.315 e. The van der Waals surface area contributed by atoms with E-state index in [1.165, 1.54) is 12.1 Å². The van der Waals surface area contributed by atoms with Crippen molar-refractivity contribution in [2.24, 2.45) is 5.41 Å². The summed E-state index contributed by atoms with van der Waals surface area (Å²) >= 11 is 0. The third-order valence-corrected chi connectivity index (χ3v) is 4.16. The highest BCUT2D eigenvalue weighted by atomic mass is 19.1. The van der Waals surface area contributed by atoms with Crippen molar-refractivity contribution in [3.8, 4) is 5.75 Å². The Kier molecular flexibility index (Phi) is 6.21. The van der Waals surface area contributed by atoms with Crippen molar-refractivity contribution in [3.63, 3.8) is 0 Å². The molecule has 2 rings (SSSR count). The minimum absolute atomic E-state index is 0.157. The zero-order valence-electron chi connectivity index (χ0n) is 13.8. The van der Waals surface area contributed by atoms with Crippen LogP contribution in [0, 0.1) is 11.2 Å². The minimum Gasteiger partial charge on any atom is -0.491 e. The highest BCUT2D eigenvalue weighted by Crippen LogP contribution is 2.26. The molecular formula is C17H26FN3O2. The first-order chi connectivity index (χ1) is 11.0. The van der Waals surface area contributed by atoms with Crippen molar-refractivity contribution in [1.82, 2.24) is 16.0 Å². The molecular weight excluding hydrogens is 297 g/mol. The number of carbonyl (C=O) groups excluding carboxylic acids is 1. The number of ether oxygens (including phenoxy) is 1. The first kappa shape index (κ1) is 17.5. The van der Waals surface area contributed by atoms with Crippen LogP contribution in [0.2, 0.25) is 0 Å². The number of benzene rings is 1. The number of hydrogen-bond acceptors (Lipinski definition) is 3. The van der Waals surface area contributed by atoms with E-state index in [-0.39, 0.29) is 29.9 Å². The van der Waals surface area contributed by atoms with E-state index in [4.69, 9.17) is 4.74 Å². The van der Waals surface area contributed by atoms with Gasteiger partial charge in [0.25, 0.3) is 0 Å². The molecule has 1 atom stereocenters. The molecule has 1 unspecified atom stereocenters. The lowest BCUT2D eigenvalue weighted by molar-refractivity contribution is 0.201. The molecule has 1 heterocycles. The van der Waals surface area contributed by atoms with E-state index in [9.17, 15) is 9.18 Å². The van der Waals surface area contributed by atoms with Gasteiger partial charge >= 0.3 is 6.03 Å². The van der Waals surface area contributed by atoms with Crippen molar-refractivity contribution in [1.29, 1.82) is 0 Å². The van der Waals surface area contributed by atoms with E-state index in [1.54, 1.807) is 12.1 Å². The minimum atomic E-state index is -0.337. The molecule has 6 heteroatoms. The van der Waals surface area contributed by atoms with Crippen LogP contribution in [0.3, 0.4) is 0 Å².